The van der Waals surface area contributed by atoms with Crippen molar-refractivity contribution >= 4 is 17.5 Å². The van der Waals surface area contributed by atoms with Crippen LogP contribution in [0.1, 0.15) is 41.4 Å². The van der Waals surface area contributed by atoms with Gasteiger partial charge in [0.05, 0.1) is 24.8 Å². The number of rotatable bonds is 6. The van der Waals surface area contributed by atoms with Gasteiger partial charge in [0, 0.05) is 5.56 Å². The number of benzene rings is 2. The molecule has 2 rings (SSSR count). The first-order chi connectivity index (χ1) is 11.5. The Kier molecular flexibility index (Phi) is 6.10. The summed E-state index contributed by atoms with van der Waals surface area (Å²) in [6, 6.07) is 11.1. The predicted octanol–water partition coefficient (Wildman–Crippen LogP) is 4.55. The molecule has 128 valence electrons. The third kappa shape index (κ3) is 4.01. The number of carbonyl (C=O) groups excluding carboxylic acids is 1. The Bertz CT molecular complexity index is 731. The molecule has 24 heavy (non-hydrogen) atoms. The molecule has 1 amide bonds. The van der Waals surface area contributed by atoms with Gasteiger partial charge in [-0.3, -0.25) is 4.79 Å². The van der Waals surface area contributed by atoms with Crippen molar-refractivity contribution in [2.45, 2.75) is 26.8 Å². The summed E-state index contributed by atoms with van der Waals surface area (Å²) in [5, 5.41) is 3.34. The molecule has 0 aliphatic rings. The molecule has 2 aromatic carbocycles. The first-order valence-corrected chi connectivity index (χ1v) is 8.22. The highest BCUT2D eigenvalue weighted by Gasteiger charge is 2.18. The highest BCUT2D eigenvalue weighted by atomic mass is 35.5. The molecular weight excluding hydrogens is 326 g/mol. The van der Waals surface area contributed by atoms with Gasteiger partial charge < -0.3 is 14.8 Å². The van der Waals surface area contributed by atoms with Crippen LogP contribution in [0.2, 0.25) is 5.02 Å². The summed E-state index contributed by atoms with van der Waals surface area (Å²) in [6.07, 6.45) is 0. The molecule has 1 atom stereocenters. The van der Waals surface area contributed by atoms with Crippen LogP contribution < -0.4 is 14.8 Å². The summed E-state index contributed by atoms with van der Waals surface area (Å²) in [6.45, 7) is 6.30. The van der Waals surface area contributed by atoms with Crippen LogP contribution in [0, 0.1) is 6.92 Å². The Morgan fingerprint density at radius 2 is 2.00 bits per heavy atom. The second kappa shape index (κ2) is 8.06. The largest absolute Gasteiger partial charge is 0.493 e. The molecule has 0 saturated carbocycles. The number of hydrogen-bond donors (Lipinski definition) is 1. The number of methoxy groups -OCH3 is 1. The van der Waals surface area contributed by atoms with Gasteiger partial charge in [0.1, 0.15) is 0 Å². The minimum Gasteiger partial charge on any atom is -0.493 e. The SMILES string of the molecule is CCOc1c(Cl)cc(C(=O)NC(C)c2ccccc2C)cc1OC. The van der Waals surface area contributed by atoms with Crippen molar-refractivity contribution in [2.75, 3.05) is 13.7 Å². The fraction of sp³-hybridized carbons (Fsp3) is 0.316. The number of carbonyl (C=O) groups is 1. The van der Waals surface area contributed by atoms with E-state index in [0.717, 1.165) is 11.1 Å². The van der Waals surface area contributed by atoms with Gasteiger partial charge >= 0.3 is 0 Å². The number of nitrogens with one attached hydrogen (secondary N) is 1. The van der Waals surface area contributed by atoms with Gasteiger partial charge in [0.2, 0.25) is 0 Å². The van der Waals surface area contributed by atoms with E-state index in [-0.39, 0.29) is 11.9 Å². The quantitative estimate of drug-likeness (QED) is 0.834. The van der Waals surface area contributed by atoms with Crippen molar-refractivity contribution in [3.8, 4) is 11.5 Å². The molecule has 0 aliphatic carbocycles. The second-order valence-corrected chi connectivity index (χ2v) is 5.88. The minimum atomic E-state index is -0.214. The lowest BCUT2D eigenvalue weighted by molar-refractivity contribution is 0.0939. The van der Waals surface area contributed by atoms with E-state index in [0.29, 0.717) is 28.7 Å². The lowest BCUT2D eigenvalue weighted by Gasteiger charge is -2.18. The Balaban J connectivity index is 2.24. The van der Waals surface area contributed by atoms with Crippen molar-refractivity contribution in [1.82, 2.24) is 5.32 Å². The topological polar surface area (TPSA) is 47.6 Å². The Labute approximate surface area is 147 Å². The molecular formula is C19H22ClNO3. The predicted molar refractivity (Wildman–Crippen MR) is 96.2 cm³/mol. The lowest BCUT2D eigenvalue weighted by atomic mass is 10.0. The Morgan fingerprint density at radius 3 is 2.62 bits per heavy atom. The van der Waals surface area contributed by atoms with Crippen LogP contribution in [0.4, 0.5) is 0 Å². The fourth-order valence-corrected chi connectivity index (χ4v) is 2.83. The molecule has 0 heterocycles. The van der Waals surface area contributed by atoms with E-state index in [4.69, 9.17) is 21.1 Å². The zero-order valence-corrected chi connectivity index (χ0v) is 15.1. The van der Waals surface area contributed by atoms with Crippen molar-refractivity contribution in [1.29, 1.82) is 0 Å². The van der Waals surface area contributed by atoms with Gasteiger partial charge in [0.25, 0.3) is 5.91 Å². The van der Waals surface area contributed by atoms with Crippen molar-refractivity contribution < 1.29 is 14.3 Å². The summed E-state index contributed by atoms with van der Waals surface area (Å²) in [7, 11) is 1.52. The summed E-state index contributed by atoms with van der Waals surface area (Å²) < 4.78 is 10.8. The molecule has 0 bridgehead atoms. The van der Waals surface area contributed by atoms with E-state index in [1.165, 1.54) is 7.11 Å². The third-order valence-corrected chi connectivity index (χ3v) is 4.06. The second-order valence-electron chi connectivity index (χ2n) is 5.47. The van der Waals surface area contributed by atoms with E-state index in [1.807, 2.05) is 45.0 Å². The maximum Gasteiger partial charge on any atom is 0.251 e. The number of aryl methyl sites for hydroxylation is 1. The molecule has 1 N–H and O–H groups in total. The van der Waals surface area contributed by atoms with Gasteiger partial charge in [-0.15, -0.1) is 0 Å². The van der Waals surface area contributed by atoms with Gasteiger partial charge in [-0.1, -0.05) is 35.9 Å². The van der Waals surface area contributed by atoms with Crippen LogP contribution in [0.15, 0.2) is 36.4 Å². The zero-order chi connectivity index (χ0) is 17.7. The fourth-order valence-electron chi connectivity index (χ4n) is 2.57. The number of amides is 1. The number of halogens is 1. The van der Waals surface area contributed by atoms with Gasteiger partial charge in [-0.05, 0) is 44.0 Å². The maximum atomic E-state index is 12.6. The average Bonchev–Trinajstić information content (AvgIpc) is 2.56. The van der Waals surface area contributed by atoms with Gasteiger partial charge in [-0.2, -0.15) is 0 Å². The first kappa shape index (κ1) is 18.1. The molecule has 4 nitrogen and oxygen atoms in total. The van der Waals surface area contributed by atoms with Gasteiger partial charge in [-0.25, -0.2) is 0 Å². The number of ether oxygens (including phenoxy) is 2. The van der Waals surface area contributed by atoms with Crippen molar-refractivity contribution in [3.05, 3.63) is 58.1 Å². The first-order valence-electron chi connectivity index (χ1n) is 7.84. The molecule has 0 saturated heterocycles. The van der Waals surface area contributed by atoms with Crippen LogP contribution >= 0.6 is 11.6 Å². The van der Waals surface area contributed by atoms with Crippen LogP contribution in [-0.2, 0) is 0 Å². The van der Waals surface area contributed by atoms with E-state index >= 15 is 0 Å². The van der Waals surface area contributed by atoms with Crippen LogP contribution in [0.25, 0.3) is 0 Å². The third-order valence-electron chi connectivity index (χ3n) is 3.78. The summed E-state index contributed by atoms with van der Waals surface area (Å²) in [5.41, 5.74) is 2.64. The molecule has 5 heteroatoms. The molecule has 1 unspecified atom stereocenters. The van der Waals surface area contributed by atoms with Crippen molar-refractivity contribution in [3.63, 3.8) is 0 Å². The average molecular weight is 348 g/mol. The van der Waals surface area contributed by atoms with E-state index in [1.54, 1.807) is 12.1 Å². The van der Waals surface area contributed by atoms with Crippen LogP contribution in [0.5, 0.6) is 11.5 Å². The summed E-state index contributed by atoms with van der Waals surface area (Å²) in [5.74, 6) is 0.678. The highest BCUT2D eigenvalue weighted by molar-refractivity contribution is 6.32. The standard InChI is InChI=1S/C19H22ClNO3/c1-5-24-18-16(20)10-14(11-17(18)23-4)19(22)21-13(3)15-9-7-6-8-12(15)2/h6-11,13H,5H2,1-4H3,(H,21,22). The molecule has 0 fully saturated rings. The summed E-state index contributed by atoms with van der Waals surface area (Å²) in [4.78, 5) is 12.6. The molecule has 2 aromatic rings. The number of hydrogen-bond acceptors (Lipinski definition) is 3. The Hall–Kier alpha value is -2.20. The van der Waals surface area contributed by atoms with Crippen LogP contribution in [0.3, 0.4) is 0 Å². The lowest BCUT2D eigenvalue weighted by Crippen LogP contribution is -2.27. The maximum absolute atomic E-state index is 12.6. The summed E-state index contributed by atoms with van der Waals surface area (Å²) >= 11 is 6.23. The van der Waals surface area contributed by atoms with Gasteiger partial charge in [0.15, 0.2) is 11.5 Å². The van der Waals surface area contributed by atoms with Crippen LogP contribution in [-0.4, -0.2) is 19.6 Å². The van der Waals surface area contributed by atoms with E-state index in [9.17, 15) is 4.79 Å². The zero-order valence-electron chi connectivity index (χ0n) is 14.4. The normalized spacial score (nSPS) is 11.7. The minimum absolute atomic E-state index is 0.116. The highest BCUT2D eigenvalue weighted by Crippen LogP contribution is 2.36. The molecule has 0 spiro atoms. The van der Waals surface area contributed by atoms with Crippen molar-refractivity contribution in [2.24, 2.45) is 0 Å². The smallest absolute Gasteiger partial charge is 0.251 e. The van der Waals surface area contributed by atoms with E-state index < -0.39 is 0 Å². The van der Waals surface area contributed by atoms with E-state index in [2.05, 4.69) is 5.32 Å². The molecule has 0 aliphatic heterocycles. The Morgan fingerprint density at radius 1 is 1.29 bits per heavy atom. The molecule has 0 aromatic heterocycles. The molecule has 0 radical (unpaired) electrons. The monoisotopic (exact) mass is 347 g/mol.